The Labute approximate surface area is 109 Å². The van der Waals surface area contributed by atoms with E-state index in [9.17, 15) is 4.79 Å². The summed E-state index contributed by atoms with van der Waals surface area (Å²) >= 11 is 0. The van der Waals surface area contributed by atoms with Crippen LogP contribution in [0.5, 0.6) is 5.75 Å². The van der Waals surface area contributed by atoms with Crippen molar-refractivity contribution in [1.29, 1.82) is 0 Å². The molecule has 0 unspecified atom stereocenters. The average molecular weight is 247 g/mol. The first-order chi connectivity index (χ1) is 8.17. The van der Waals surface area contributed by atoms with Gasteiger partial charge in [-0.15, -0.1) is 0 Å². The monoisotopic (exact) mass is 247 g/mol. The second kappa shape index (κ2) is 4.01. The lowest BCUT2D eigenvalue weighted by atomic mass is 9.95. The van der Waals surface area contributed by atoms with Crippen LogP contribution in [0.4, 0.5) is 5.69 Å². The molecule has 1 aromatic carbocycles. The Morgan fingerprint density at radius 2 is 2.00 bits per heavy atom. The lowest BCUT2D eigenvalue weighted by Gasteiger charge is -2.18. The quantitative estimate of drug-likeness (QED) is 0.826. The second-order valence-corrected chi connectivity index (χ2v) is 6.57. The smallest absolute Gasteiger partial charge is 0.229 e. The Hall–Kier alpha value is -1.51. The van der Waals surface area contributed by atoms with Gasteiger partial charge in [-0.2, -0.15) is 0 Å². The van der Waals surface area contributed by atoms with Crippen molar-refractivity contribution in [2.24, 2.45) is 5.41 Å². The number of amides is 1. The number of rotatable bonds is 1. The number of carbonyl (C=O) groups excluding carboxylic acids is 1. The zero-order valence-electron chi connectivity index (χ0n) is 11.8. The van der Waals surface area contributed by atoms with E-state index in [1.165, 1.54) is 5.56 Å². The minimum atomic E-state index is -0.390. The van der Waals surface area contributed by atoms with E-state index in [1.54, 1.807) is 0 Å². The number of benzene rings is 1. The number of fused-ring (bicyclic) bond motifs is 1. The standard InChI is InChI=1S/C15H21NO2/c1-14(2,3)13(17)16-11-7-6-10-9-15(4,5)18-12(10)8-11/h6-8H,9H2,1-5H3,(H,16,17). The molecule has 0 fully saturated rings. The summed E-state index contributed by atoms with van der Waals surface area (Å²) in [5, 5.41) is 2.92. The molecular weight excluding hydrogens is 226 g/mol. The van der Waals surface area contributed by atoms with Crippen molar-refractivity contribution in [2.45, 2.75) is 46.6 Å². The van der Waals surface area contributed by atoms with Gasteiger partial charge < -0.3 is 10.1 Å². The fraction of sp³-hybridized carbons (Fsp3) is 0.533. The van der Waals surface area contributed by atoms with E-state index in [4.69, 9.17) is 4.74 Å². The summed E-state index contributed by atoms with van der Waals surface area (Å²) in [5.41, 5.74) is 1.47. The number of hydrogen-bond acceptors (Lipinski definition) is 2. The van der Waals surface area contributed by atoms with Crippen LogP contribution >= 0.6 is 0 Å². The van der Waals surface area contributed by atoms with Crippen LogP contribution < -0.4 is 10.1 Å². The van der Waals surface area contributed by atoms with E-state index in [0.717, 1.165) is 17.9 Å². The van der Waals surface area contributed by atoms with Crippen molar-refractivity contribution in [1.82, 2.24) is 0 Å². The number of carbonyl (C=O) groups is 1. The molecule has 1 amide bonds. The number of hydrogen-bond donors (Lipinski definition) is 1. The second-order valence-electron chi connectivity index (χ2n) is 6.57. The topological polar surface area (TPSA) is 38.3 Å². The molecule has 1 aromatic rings. The summed E-state index contributed by atoms with van der Waals surface area (Å²) in [6.07, 6.45) is 0.913. The van der Waals surface area contributed by atoms with Crippen LogP contribution in [0.15, 0.2) is 18.2 Å². The van der Waals surface area contributed by atoms with Crippen LogP contribution in [0.2, 0.25) is 0 Å². The minimum absolute atomic E-state index is 0.0136. The maximum Gasteiger partial charge on any atom is 0.229 e. The molecule has 1 aliphatic heterocycles. The predicted molar refractivity (Wildman–Crippen MR) is 72.9 cm³/mol. The van der Waals surface area contributed by atoms with Crippen LogP contribution in [-0.4, -0.2) is 11.5 Å². The molecule has 0 atom stereocenters. The Balaban J connectivity index is 2.17. The van der Waals surface area contributed by atoms with Gasteiger partial charge in [0.2, 0.25) is 5.91 Å². The molecule has 98 valence electrons. The summed E-state index contributed by atoms with van der Waals surface area (Å²) in [6.45, 7) is 9.83. The average Bonchev–Trinajstić information content (AvgIpc) is 2.49. The zero-order chi connectivity index (χ0) is 13.6. The lowest BCUT2D eigenvalue weighted by Crippen LogP contribution is -2.27. The fourth-order valence-electron chi connectivity index (χ4n) is 1.98. The van der Waals surface area contributed by atoms with Gasteiger partial charge in [-0.3, -0.25) is 4.79 Å². The van der Waals surface area contributed by atoms with Crippen LogP contribution in [0, 0.1) is 5.41 Å². The summed E-state index contributed by atoms with van der Waals surface area (Å²) in [5.74, 6) is 0.895. The van der Waals surface area contributed by atoms with E-state index >= 15 is 0 Å². The van der Waals surface area contributed by atoms with Gasteiger partial charge in [-0.1, -0.05) is 26.8 Å². The van der Waals surface area contributed by atoms with E-state index < -0.39 is 0 Å². The third-order valence-electron chi connectivity index (χ3n) is 3.01. The van der Waals surface area contributed by atoms with Crippen molar-refractivity contribution in [2.75, 3.05) is 5.32 Å². The van der Waals surface area contributed by atoms with Gasteiger partial charge >= 0.3 is 0 Å². The van der Waals surface area contributed by atoms with Crippen molar-refractivity contribution in [3.05, 3.63) is 23.8 Å². The Morgan fingerprint density at radius 1 is 1.33 bits per heavy atom. The van der Waals surface area contributed by atoms with Gasteiger partial charge in [-0.05, 0) is 25.5 Å². The third kappa shape index (κ3) is 2.66. The number of nitrogens with one attached hydrogen (secondary N) is 1. The van der Waals surface area contributed by atoms with E-state index in [-0.39, 0.29) is 16.9 Å². The highest BCUT2D eigenvalue weighted by Gasteiger charge is 2.30. The van der Waals surface area contributed by atoms with E-state index in [1.807, 2.05) is 39.0 Å². The van der Waals surface area contributed by atoms with Gasteiger partial charge in [0.1, 0.15) is 11.4 Å². The van der Waals surface area contributed by atoms with Gasteiger partial charge in [0, 0.05) is 23.6 Å². The first-order valence-corrected chi connectivity index (χ1v) is 6.31. The molecule has 0 aliphatic carbocycles. The Kier molecular flexibility index (Phi) is 2.88. The highest BCUT2D eigenvalue weighted by atomic mass is 16.5. The maximum atomic E-state index is 11.9. The Bertz CT molecular complexity index is 484. The number of ether oxygens (including phenoxy) is 1. The first kappa shape index (κ1) is 12.9. The van der Waals surface area contributed by atoms with Crippen LogP contribution in [0.25, 0.3) is 0 Å². The van der Waals surface area contributed by atoms with Gasteiger partial charge in [0.25, 0.3) is 0 Å². The van der Waals surface area contributed by atoms with E-state index in [2.05, 4.69) is 19.2 Å². The predicted octanol–water partition coefficient (Wildman–Crippen LogP) is 3.38. The molecule has 0 saturated heterocycles. The first-order valence-electron chi connectivity index (χ1n) is 6.31. The third-order valence-corrected chi connectivity index (χ3v) is 3.01. The highest BCUT2D eigenvalue weighted by Crippen LogP contribution is 2.36. The maximum absolute atomic E-state index is 11.9. The summed E-state index contributed by atoms with van der Waals surface area (Å²) in [7, 11) is 0. The summed E-state index contributed by atoms with van der Waals surface area (Å²) in [6, 6.07) is 5.88. The molecule has 18 heavy (non-hydrogen) atoms. The summed E-state index contributed by atoms with van der Waals surface area (Å²) in [4.78, 5) is 11.9. The molecule has 3 heteroatoms. The molecular formula is C15H21NO2. The zero-order valence-corrected chi connectivity index (χ0v) is 11.8. The normalized spacial score (nSPS) is 16.9. The van der Waals surface area contributed by atoms with Crippen molar-refractivity contribution in [3.63, 3.8) is 0 Å². The molecule has 0 radical (unpaired) electrons. The van der Waals surface area contributed by atoms with Gasteiger partial charge in [0.15, 0.2) is 0 Å². The summed E-state index contributed by atoms with van der Waals surface area (Å²) < 4.78 is 5.85. The SMILES string of the molecule is CC1(C)Cc2ccc(NC(=O)C(C)(C)C)cc2O1. The molecule has 1 aliphatic rings. The fourth-order valence-corrected chi connectivity index (χ4v) is 1.98. The van der Waals surface area contributed by atoms with Crippen molar-refractivity contribution >= 4 is 11.6 Å². The highest BCUT2D eigenvalue weighted by molar-refractivity contribution is 5.94. The van der Waals surface area contributed by atoms with Crippen LogP contribution in [-0.2, 0) is 11.2 Å². The minimum Gasteiger partial charge on any atom is -0.487 e. The van der Waals surface area contributed by atoms with Crippen molar-refractivity contribution < 1.29 is 9.53 Å². The molecule has 0 aromatic heterocycles. The lowest BCUT2D eigenvalue weighted by molar-refractivity contribution is -0.123. The molecule has 0 spiro atoms. The van der Waals surface area contributed by atoms with Gasteiger partial charge in [-0.25, -0.2) is 0 Å². The van der Waals surface area contributed by atoms with E-state index in [0.29, 0.717) is 0 Å². The van der Waals surface area contributed by atoms with Crippen molar-refractivity contribution in [3.8, 4) is 5.75 Å². The molecule has 1 N–H and O–H groups in total. The molecule has 0 saturated carbocycles. The molecule has 3 nitrogen and oxygen atoms in total. The number of anilines is 1. The largest absolute Gasteiger partial charge is 0.487 e. The Morgan fingerprint density at radius 3 is 2.61 bits per heavy atom. The van der Waals surface area contributed by atoms with Crippen LogP contribution in [0.1, 0.15) is 40.2 Å². The molecule has 1 heterocycles. The van der Waals surface area contributed by atoms with Gasteiger partial charge in [0.05, 0.1) is 0 Å². The molecule has 2 rings (SSSR count). The van der Waals surface area contributed by atoms with Crippen LogP contribution in [0.3, 0.4) is 0 Å². The molecule has 0 bridgehead atoms.